The molecule has 0 aromatic heterocycles. The standard InChI is InChI=1S/C12H16N2O2/c1-9(2)8-13-10(3)11-6-4-5-7-12(11)14(15)16/h4-7,10,13H,1,8H2,2-3H3. The Morgan fingerprint density at radius 3 is 2.75 bits per heavy atom. The second kappa shape index (κ2) is 5.42. The van der Waals surface area contributed by atoms with E-state index in [0.717, 1.165) is 5.57 Å². The normalized spacial score (nSPS) is 12.1. The van der Waals surface area contributed by atoms with Crippen molar-refractivity contribution in [3.05, 3.63) is 52.1 Å². The van der Waals surface area contributed by atoms with Crippen molar-refractivity contribution in [2.45, 2.75) is 19.9 Å². The van der Waals surface area contributed by atoms with Crippen LogP contribution in [0.15, 0.2) is 36.4 Å². The van der Waals surface area contributed by atoms with Gasteiger partial charge in [0, 0.05) is 24.2 Å². The molecule has 0 aliphatic rings. The zero-order valence-electron chi connectivity index (χ0n) is 9.56. The number of benzene rings is 1. The van der Waals surface area contributed by atoms with E-state index in [1.54, 1.807) is 18.2 Å². The zero-order valence-corrected chi connectivity index (χ0v) is 9.56. The summed E-state index contributed by atoms with van der Waals surface area (Å²) in [5, 5.41) is 14.0. The number of nitrogens with one attached hydrogen (secondary N) is 1. The van der Waals surface area contributed by atoms with Crippen LogP contribution in [-0.4, -0.2) is 11.5 Å². The minimum absolute atomic E-state index is 0.0571. The molecule has 0 aliphatic heterocycles. The molecule has 1 rings (SSSR count). The zero-order chi connectivity index (χ0) is 12.1. The lowest BCUT2D eigenvalue weighted by molar-refractivity contribution is -0.385. The second-order valence-electron chi connectivity index (χ2n) is 3.88. The van der Waals surface area contributed by atoms with E-state index in [-0.39, 0.29) is 16.7 Å². The fraction of sp³-hybridized carbons (Fsp3) is 0.333. The molecule has 16 heavy (non-hydrogen) atoms. The van der Waals surface area contributed by atoms with Gasteiger partial charge in [-0.05, 0) is 13.8 Å². The van der Waals surface area contributed by atoms with Crippen LogP contribution >= 0.6 is 0 Å². The van der Waals surface area contributed by atoms with Crippen molar-refractivity contribution in [2.75, 3.05) is 6.54 Å². The highest BCUT2D eigenvalue weighted by Gasteiger charge is 2.17. The molecule has 0 heterocycles. The van der Waals surface area contributed by atoms with E-state index in [1.165, 1.54) is 6.07 Å². The predicted octanol–water partition coefficient (Wildman–Crippen LogP) is 2.82. The molecule has 0 saturated heterocycles. The predicted molar refractivity (Wildman–Crippen MR) is 64.3 cm³/mol. The van der Waals surface area contributed by atoms with Gasteiger partial charge in [-0.15, -0.1) is 0 Å². The first-order valence-corrected chi connectivity index (χ1v) is 5.13. The molecule has 0 bridgehead atoms. The number of nitro benzene ring substituents is 1. The van der Waals surface area contributed by atoms with Gasteiger partial charge in [0.1, 0.15) is 0 Å². The molecular weight excluding hydrogens is 204 g/mol. The lowest BCUT2D eigenvalue weighted by Gasteiger charge is -2.14. The summed E-state index contributed by atoms with van der Waals surface area (Å²) in [5.74, 6) is 0. The molecule has 0 spiro atoms. The van der Waals surface area contributed by atoms with Gasteiger partial charge in [-0.1, -0.05) is 30.4 Å². The fourth-order valence-electron chi connectivity index (χ4n) is 1.46. The maximum Gasteiger partial charge on any atom is 0.274 e. The first-order chi connectivity index (χ1) is 7.52. The molecule has 0 amide bonds. The molecule has 4 nitrogen and oxygen atoms in total. The van der Waals surface area contributed by atoms with Crippen molar-refractivity contribution in [3.63, 3.8) is 0 Å². The average Bonchev–Trinajstić information content (AvgIpc) is 2.25. The van der Waals surface area contributed by atoms with Gasteiger partial charge in [0.25, 0.3) is 5.69 Å². The third-order valence-electron chi connectivity index (χ3n) is 2.31. The Labute approximate surface area is 95.1 Å². The van der Waals surface area contributed by atoms with Crippen LogP contribution < -0.4 is 5.32 Å². The summed E-state index contributed by atoms with van der Waals surface area (Å²) >= 11 is 0. The monoisotopic (exact) mass is 220 g/mol. The van der Waals surface area contributed by atoms with E-state index in [1.807, 2.05) is 13.8 Å². The molecule has 1 unspecified atom stereocenters. The lowest BCUT2D eigenvalue weighted by atomic mass is 10.1. The summed E-state index contributed by atoms with van der Waals surface area (Å²) in [6, 6.07) is 6.72. The number of hydrogen-bond donors (Lipinski definition) is 1. The maximum absolute atomic E-state index is 10.8. The van der Waals surface area contributed by atoms with Crippen LogP contribution in [0.1, 0.15) is 25.5 Å². The minimum Gasteiger partial charge on any atom is -0.306 e. The molecule has 0 fully saturated rings. The van der Waals surface area contributed by atoms with E-state index < -0.39 is 0 Å². The van der Waals surface area contributed by atoms with Gasteiger partial charge < -0.3 is 5.32 Å². The Bertz CT molecular complexity index is 402. The third-order valence-corrected chi connectivity index (χ3v) is 2.31. The number of para-hydroxylation sites is 1. The number of nitrogens with zero attached hydrogens (tertiary/aromatic N) is 1. The molecule has 0 saturated carbocycles. The highest BCUT2D eigenvalue weighted by atomic mass is 16.6. The van der Waals surface area contributed by atoms with Gasteiger partial charge >= 0.3 is 0 Å². The topological polar surface area (TPSA) is 55.2 Å². The molecule has 0 radical (unpaired) electrons. The van der Waals surface area contributed by atoms with Crippen molar-refractivity contribution < 1.29 is 4.92 Å². The van der Waals surface area contributed by atoms with E-state index in [9.17, 15) is 10.1 Å². The molecule has 1 N–H and O–H groups in total. The van der Waals surface area contributed by atoms with Crippen LogP contribution in [0.2, 0.25) is 0 Å². The third kappa shape index (κ3) is 3.17. The summed E-state index contributed by atoms with van der Waals surface area (Å²) < 4.78 is 0. The van der Waals surface area contributed by atoms with E-state index in [2.05, 4.69) is 11.9 Å². The molecule has 1 aromatic carbocycles. The summed E-state index contributed by atoms with van der Waals surface area (Å²) in [5.41, 5.74) is 1.86. The maximum atomic E-state index is 10.8. The Morgan fingerprint density at radius 1 is 1.56 bits per heavy atom. The van der Waals surface area contributed by atoms with Gasteiger partial charge in [-0.3, -0.25) is 10.1 Å². The van der Waals surface area contributed by atoms with Crippen LogP contribution in [0.5, 0.6) is 0 Å². The Morgan fingerprint density at radius 2 is 2.19 bits per heavy atom. The number of rotatable bonds is 5. The number of nitro groups is 1. The first-order valence-electron chi connectivity index (χ1n) is 5.13. The largest absolute Gasteiger partial charge is 0.306 e. The van der Waals surface area contributed by atoms with Gasteiger partial charge in [-0.2, -0.15) is 0 Å². The van der Waals surface area contributed by atoms with Crippen LogP contribution in [-0.2, 0) is 0 Å². The van der Waals surface area contributed by atoms with E-state index >= 15 is 0 Å². The quantitative estimate of drug-likeness (QED) is 0.471. The first kappa shape index (κ1) is 12.4. The van der Waals surface area contributed by atoms with Crippen LogP contribution in [0.4, 0.5) is 5.69 Å². The van der Waals surface area contributed by atoms with E-state index in [0.29, 0.717) is 12.1 Å². The summed E-state index contributed by atoms with van der Waals surface area (Å²) in [7, 11) is 0. The van der Waals surface area contributed by atoms with Crippen molar-refractivity contribution in [1.29, 1.82) is 0 Å². The second-order valence-corrected chi connectivity index (χ2v) is 3.88. The van der Waals surface area contributed by atoms with Crippen molar-refractivity contribution in [2.24, 2.45) is 0 Å². The molecule has 1 atom stereocenters. The van der Waals surface area contributed by atoms with Gasteiger partial charge in [0.15, 0.2) is 0 Å². The highest BCUT2D eigenvalue weighted by molar-refractivity contribution is 5.41. The Hall–Kier alpha value is -1.68. The van der Waals surface area contributed by atoms with Crippen LogP contribution in [0.25, 0.3) is 0 Å². The summed E-state index contributed by atoms with van der Waals surface area (Å²) in [6.45, 7) is 8.27. The van der Waals surface area contributed by atoms with Gasteiger partial charge in [0.05, 0.1) is 4.92 Å². The summed E-state index contributed by atoms with van der Waals surface area (Å²) in [4.78, 5) is 10.5. The fourth-order valence-corrected chi connectivity index (χ4v) is 1.46. The van der Waals surface area contributed by atoms with Crippen molar-refractivity contribution in [1.82, 2.24) is 5.32 Å². The van der Waals surface area contributed by atoms with Crippen molar-refractivity contribution >= 4 is 5.69 Å². The van der Waals surface area contributed by atoms with Crippen LogP contribution in [0.3, 0.4) is 0 Å². The van der Waals surface area contributed by atoms with E-state index in [4.69, 9.17) is 0 Å². The molecule has 86 valence electrons. The molecular formula is C12H16N2O2. The molecule has 0 aliphatic carbocycles. The molecule has 4 heteroatoms. The Kier molecular flexibility index (Phi) is 4.19. The van der Waals surface area contributed by atoms with Gasteiger partial charge in [-0.25, -0.2) is 0 Å². The highest BCUT2D eigenvalue weighted by Crippen LogP contribution is 2.24. The summed E-state index contributed by atoms with van der Waals surface area (Å²) in [6.07, 6.45) is 0. The SMILES string of the molecule is C=C(C)CNC(C)c1ccccc1[N+](=O)[O-]. The minimum atomic E-state index is -0.353. The smallest absolute Gasteiger partial charge is 0.274 e. The van der Waals surface area contributed by atoms with Crippen molar-refractivity contribution in [3.8, 4) is 0 Å². The van der Waals surface area contributed by atoms with Crippen LogP contribution in [0, 0.1) is 10.1 Å². The average molecular weight is 220 g/mol. The van der Waals surface area contributed by atoms with Gasteiger partial charge in [0.2, 0.25) is 0 Å². The number of hydrogen-bond acceptors (Lipinski definition) is 3. The molecule has 1 aromatic rings. The Balaban J connectivity index is 2.85. The lowest BCUT2D eigenvalue weighted by Crippen LogP contribution is -2.21.